The maximum atomic E-state index is 13.2. The van der Waals surface area contributed by atoms with Crippen LogP contribution < -0.4 is 0 Å². The third-order valence-electron chi connectivity index (χ3n) is 9.60. The van der Waals surface area contributed by atoms with E-state index in [2.05, 4.69) is 6.92 Å². The van der Waals surface area contributed by atoms with Gasteiger partial charge in [-0.3, -0.25) is 14.0 Å². The minimum Gasteiger partial charge on any atom is -0.481 e. The number of carbonyl (C=O) groups is 2. The standard InChI is InChI=1S/C22H34F4.C3H4O4.C2H6/c1-21-11-10-18-17-8-5-16(22(24,25)26)13-14(17)4-7-19(18)20(21)9-6-15(21)3-2-12-23;4-2(5)1-3(6)7;1-2/h14-20H,2-13H2,1H3;1H2,(H,4,5)(H,6,7);1-2H3. The molecule has 4 saturated carbocycles. The molecule has 0 heterocycles. The molecule has 35 heavy (non-hydrogen) atoms. The number of carboxylic acids is 2. The zero-order chi connectivity index (χ0) is 26.4. The summed E-state index contributed by atoms with van der Waals surface area (Å²) in [6.07, 6.45) is 5.58. The lowest BCUT2D eigenvalue weighted by Gasteiger charge is -2.56. The molecule has 0 aliphatic heterocycles. The van der Waals surface area contributed by atoms with Gasteiger partial charge < -0.3 is 10.2 Å². The highest BCUT2D eigenvalue weighted by molar-refractivity contribution is 5.88. The average Bonchev–Trinajstić information content (AvgIpc) is 3.13. The van der Waals surface area contributed by atoms with Crippen molar-refractivity contribution in [1.82, 2.24) is 0 Å². The molecule has 8 atom stereocenters. The number of halogens is 4. The van der Waals surface area contributed by atoms with Crippen molar-refractivity contribution in [1.29, 1.82) is 0 Å². The molecule has 4 aliphatic rings. The summed E-state index contributed by atoms with van der Waals surface area (Å²) < 4.78 is 52.2. The van der Waals surface area contributed by atoms with Crippen LogP contribution >= 0.6 is 0 Å². The van der Waals surface area contributed by atoms with E-state index in [-0.39, 0.29) is 6.67 Å². The molecular formula is C27H44F4O4. The minimum absolute atomic E-state index is 0.201. The molecule has 0 saturated heterocycles. The molecule has 0 amide bonds. The van der Waals surface area contributed by atoms with Crippen molar-refractivity contribution in [3.05, 3.63) is 0 Å². The van der Waals surface area contributed by atoms with Gasteiger partial charge in [0.05, 0.1) is 12.6 Å². The third-order valence-corrected chi connectivity index (χ3v) is 9.60. The molecule has 0 aromatic rings. The first-order valence-corrected chi connectivity index (χ1v) is 13.5. The molecule has 0 spiro atoms. The van der Waals surface area contributed by atoms with E-state index in [0.29, 0.717) is 48.3 Å². The predicted molar refractivity (Wildman–Crippen MR) is 127 cm³/mol. The van der Waals surface area contributed by atoms with Crippen LogP contribution in [-0.2, 0) is 9.59 Å². The van der Waals surface area contributed by atoms with Crippen LogP contribution in [0.2, 0.25) is 0 Å². The van der Waals surface area contributed by atoms with E-state index in [1.54, 1.807) is 0 Å². The number of rotatable bonds is 5. The number of alkyl halides is 4. The largest absolute Gasteiger partial charge is 0.481 e. The number of hydrogen-bond donors (Lipinski definition) is 2. The lowest BCUT2D eigenvalue weighted by atomic mass is 9.49. The topological polar surface area (TPSA) is 74.6 Å². The second-order valence-electron chi connectivity index (χ2n) is 11.1. The Morgan fingerprint density at radius 2 is 1.51 bits per heavy atom. The van der Waals surface area contributed by atoms with Gasteiger partial charge in [0.2, 0.25) is 0 Å². The van der Waals surface area contributed by atoms with Crippen LogP contribution in [0.3, 0.4) is 0 Å². The second kappa shape index (κ2) is 12.8. The molecule has 8 heteroatoms. The Kier molecular flexibility index (Phi) is 10.9. The summed E-state index contributed by atoms with van der Waals surface area (Å²) in [5, 5.41) is 15.4. The van der Waals surface area contributed by atoms with Crippen molar-refractivity contribution in [2.24, 2.45) is 46.8 Å². The maximum Gasteiger partial charge on any atom is 0.391 e. The van der Waals surface area contributed by atoms with Crippen molar-refractivity contribution in [2.75, 3.05) is 6.67 Å². The van der Waals surface area contributed by atoms with E-state index in [1.165, 1.54) is 25.7 Å². The fraction of sp³-hybridized carbons (Fsp3) is 0.926. The Labute approximate surface area is 207 Å². The van der Waals surface area contributed by atoms with Gasteiger partial charge in [-0.25, -0.2) is 0 Å². The number of hydrogen-bond acceptors (Lipinski definition) is 2. The summed E-state index contributed by atoms with van der Waals surface area (Å²) in [5.41, 5.74) is 0.367. The van der Waals surface area contributed by atoms with Crippen molar-refractivity contribution in [3.63, 3.8) is 0 Å². The first kappa shape index (κ1) is 29.9. The summed E-state index contributed by atoms with van der Waals surface area (Å²) in [6, 6.07) is 0. The highest BCUT2D eigenvalue weighted by atomic mass is 19.4. The Bertz CT molecular complexity index is 685. The molecule has 0 aromatic heterocycles. The first-order chi connectivity index (χ1) is 16.5. The van der Waals surface area contributed by atoms with Gasteiger partial charge in [-0.1, -0.05) is 20.8 Å². The van der Waals surface area contributed by atoms with Gasteiger partial charge >= 0.3 is 18.1 Å². The smallest absolute Gasteiger partial charge is 0.391 e. The fourth-order valence-corrected chi connectivity index (χ4v) is 8.19. The molecule has 0 aromatic carbocycles. The zero-order valence-corrected chi connectivity index (χ0v) is 21.5. The van der Waals surface area contributed by atoms with E-state index in [0.717, 1.165) is 37.5 Å². The number of aliphatic carboxylic acids is 2. The quantitative estimate of drug-likeness (QED) is 0.294. The van der Waals surface area contributed by atoms with Crippen LogP contribution in [0.4, 0.5) is 17.6 Å². The Morgan fingerprint density at radius 1 is 0.886 bits per heavy atom. The lowest BCUT2D eigenvalue weighted by molar-refractivity contribution is -0.196. The molecule has 0 bridgehead atoms. The van der Waals surface area contributed by atoms with Gasteiger partial charge in [-0.2, -0.15) is 13.2 Å². The lowest BCUT2D eigenvalue weighted by Crippen LogP contribution is -2.49. The first-order valence-electron chi connectivity index (χ1n) is 13.5. The second-order valence-corrected chi connectivity index (χ2v) is 11.1. The Morgan fingerprint density at radius 3 is 2.06 bits per heavy atom. The SMILES string of the molecule is CC.CC12CCC3C4CCC(C(F)(F)F)CC4CCC3C1CCC2CCCF.O=C(O)CC(=O)O. The number of carboxylic acid groups (broad SMARTS) is 2. The average molecular weight is 509 g/mol. The normalized spacial score (nSPS) is 37.9. The van der Waals surface area contributed by atoms with Crippen LogP contribution in [0.25, 0.3) is 0 Å². The maximum absolute atomic E-state index is 13.2. The minimum atomic E-state index is -4.00. The van der Waals surface area contributed by atoms with Crippen LogP contribution in [0.1, 0.15) is 97.8 Å². The van der Waals surface area contributed by atoms with Crippen molar-refractivity contribution in [3.8, 4) is 0 Å². The number of fused-ring (bicyclic) bond motifs is 5. The zero-order valence-electron chi connectivity index (χ0n) is 21.5. The summed E-state index contributed by atoms with van der Waals surface area (Å²) in [6.45, 7) is 6.25. The van der Waals surface area contributed by atoms with Crippen LogP contribution in [0, 0.1) is 46.8 Å². The highest BCUT2D eigenvalue weighted by Crippen LogP contribution is 2.65. The molecule has 4 fully saturated rings. The molecule has 4 aliphatic carbocycles. The van der Waals surface area contributed by atoms with Gasteiger partial charge in [0.25, 0.3) is 0 Å². The molecule has 2 N–H and O–H groups in total. The molecule has 4 rings (SSSR count). The van der Waals surface area contributed by atoms with E-state index in [4.69, 9.17) is 10.2 Å². The van der Waals surface area contributed by atoms with Gasteiger partial charge in [-0.15, -0.1) is 0 Å². The summed E-state index contributed by atoms with van der Waals surface area (Å²) in [7, 11) is 0. The van der Waals surface area contributed by atoms with Gasteiger partial charge in [-0.05, 0) is 112 Å². The van der Waals surface area contributed by atoms with Crippen molar-refractivity contribution < 1.29 is 37.4 Å². The molecule has 8 unspecified atom stereocenters. The van der Waals surface area contributed by atoms with Gasteiger partial charge in [0.15, 0.2) is 0 Å². The van der Waals surface area contributed by atoms with Crippen molar-refractivity contribution >= 4 is 11.9 Å². The molecule has 204 valence electrons. The van der Waals surface area contributed by atoms with Crippen molar-refractivity contribution in [2.45, 2.75) is 104 Å². The Hall–Kier alpha value is -1.34. The highest BCUT2D eigenvalue weighted by Gasteiger charge is 2.57. The van der Waals surface area contributed by atoms with E-state index < -0.39 is 30.5 Å². The molecular weight excluding hydrogens is 464 g/mol. The van der Waals surface area contributed by atoms with Crippen LogP contribution in [-0.4, -0.2) is 35.0 Å². The Balaban J connectivity index is 0.000000416. The van der Waals surface area contributed by atoms with E-state index >= 15 is 0 Å². The monoisotopic (exact) mass is 508 g/mol. The summed E-state index contributed by atoms with van der Waals surface area (Å²) in [5.74, 6) is -0.0129. The predicted octanol–water partition coefficient (Wildman–Crippen LogP) is 7.76. The summed E-state index contributed by atoms with van der Waals surface area (Å²) >= 11 is 0. The van der Waals surface area contributed by atoms with Crippen LogP contribution in [0.5, 0.6) is 0 Å². The van der Waals surface area contributed by atoms with Crippen LogP contribution in [0.15, 0.2) is 0 Å². The fourth-order valence-electron chi connectivity index (χ4n) is 8.19. The van der Waals surface area contributed by atoms with E-state index in [9.17, 15) is 27.2 Å². The third kappa shape index (κ3) is 7.12. The van der Waals surface area contributed by atoms with Gasteiger partial charge in [0, 0.05) is 0 Å². The molecule has 4 nitrogen and oxygen atoms in total. The van der Waals surface area contributed by atoms with E-state index in [1.807, 2.05) is 13.8 Å². The summed E-state index contributed by atoms with van der Waals surface area (Å²) in [4.78, 5) is 18.9. The molecule has 0 radical (unpaired) electrons. The van der Waals surface area contributed by atoms with Gasteiger partial charge in [0.1, 0.15) is 6.42 Å².